The number of ether oxygens (including phenoxy) is 1. The molecule has 24 heavy (non-hydrogen) atoms. The lowest BCUT2D eigenvalue weighted by Crippen LogP contribution is -2.08. The largest absolute Gasteiger partial charge is 0.476 e. The quantitative estimate of drug-likeness (QED) is 0.744. The Labute approximate surface area is 138 Å². The van der Waals surface area contributed by atoms with E-state index >= 15 is 0 Å². The van der Waals surface area contributed by atoms with Crippen LogP contribution < -0.4 is 10.1 Å². The Morgan fingerprint density at radius 2 is 1.83 bits per heavy atom. The first-order valence-electron chi connectivity index (χ1n) is 7.76. The summed E-state index contributed by atoms with van der Waals surface area (Å²) in [6.45, 7) is 5.13. The number of hydrogen-bond donors (Lipinski definition) is 1. The molecular weight excluding hydrogens is 311 g/mol. The van der Waals surface area contributed by atoms with Gasteiger partial charge in [0.15, 0.2) is 11.3 Å². The van der Waals surface area contributed by atoms with E-state index in [1.807, 2.05) is 13.8 Å². The van der Waals surface area contributed by atoms with E-state index in [0.29, 0.717) is 47.5 Å². The SMILES string of the molecule is CCCOc1nc(NCC)nc2nnc(-c3ccc(F)cc3)nc12. The molecule has 3 rings (SSSR count). The second-order valence-corrected chi connectivity index (χ2v) is 5.05. The molecule has 0 aliphatic carbocycles. The molecule has 1 N–H and O–H groups in total. The van der Waals surface area contributed by atoms with E-state index < -0.39 is 0 Å². The van der Waals surface area contributed by atoms with Crippen LogP contribution in [0.1, 0.15) is 20.3 Å². The number of hydrogen-bond acceptors (Lipinski definition) is 7. The summed E-state index contributed by atoms with van der Waals surface area (Å²) in [5, 5.41) is 11.2. The Hall–Kier alpha value is -2.90. The molecule has 2 aromatic heterocycles. The lowest BCUT2D eigenvalue weighted by Gasteiger charge is -2.09. The zero-order chi connectivity index (χ0) is 16.9. The zero-order valence-corrected chi connectivity index (χ0v) is 13.5. The second kappa shape index (κ2) is 7.12. The van der Waals surface area contributed by atoms with E-state index in [-0.39, 0.29) is 5.82 Å². The molecule has 0 atom stereocenters. The standard InChI is InChI=1S/C16H17FN6O/c1-3-9-24-15-12-14(20-16(21-15)18-4-2)23-22-13(19-12)10-5-7-11(17)8-6-10/h5-8H,3-4,9H2,1-2H3,(H,18,20,21,23). The summed E-state index contributed by atoms with van der Waals surface area (Å²) in [6, 6.07) is 5.89. The molecule has 0 bridgehead atoms. The lowest BCUT2D eigenvalue weighted by atomic mass is 10.2. The van der Waals surface area contributed by atoms with E-state index in [9.17, 15) is 4.39 Å². The van der Waals surface area contributed by atoms with Gasteiger partial charge in [-0.15, -0.1) is 10.2 Å². The zero-order valence-electron chi connectivity index (χ0n) is 13.5. The van der Waals surface area contributed by atoms with Gasteiger partial charge in [0.1, 0.15) is 5.82 Å². The van der Waals surface area contributed by atoms with Crippen LogP contribution in [0.2, 0.25) is 0 Å². The predicted molar refractivity (Wildman–Crippen MR) is 88.3 cm³/mol. The van der Waals surface area contributed by atoms with E-state index in [1.54, 1.807) is 12.1 Å². The summed E-state index contributed by atoms with van der Waals surface area (Å²) in [5.41, 5.74) is 1.43. The van der Waals surface area contributed by atoms with Crippen molar-refractivity contribution in [3.63, 3.8) is 0 Å². The van der Waals surface area contributed by atoms with Crippen molar-refractivity contribution in [1.82, 2.24) is 25.1 Å². The average Bonchev–Trinajstić information content (AvgIpc) is 2.60. The van der Waals surface area contributed by atoms with Gasteiger partial charge in [0, 0.05) is 12.1 Å². The minimum absolute atomic E-state index is 0.321. The highest BCUT2D eigenvalue weighted by atomic mass is 19.1. The van der Waals surface area contributed by atoms with Crippen LogP contribution in [0.3, 0.4) is 0 Å². The molecule has 0 spiro atoms. The van der Waals surface area contributed by atoms with Crippen molar-refractivity contribution in [2.24, 2.45) is 0 Å². The number of anilines is 1. The average molecular weight is 328 g/mol. The Kier molecular flexibility index (Phi) is 4.74. The Bertz CT molecular complexity index is 840. The second-order valence-electron chi connectivity index (χ2n) is 5.05. The summed E-state index contributed by atoms with van der Waals surface area (Å²) < 4.78 is 18.8. The minimum Gasteiger partial charge on any atom is -0.476 e. The summed E-state index contributed by atoms with van der Waals surface area (Å²) in [5.74, 6) is 0.819. The number of nitrogens with zero attached hydrogens (tertiary/aromatic N) is 5. The van der Waals surface area contributed by atoms with Crippen molar-refractivity contribution in [3.05, 3.63) is 30.1 Å². The number of halogens is 1. The molecule has 0 amide bonds. The monoisotopic (exact) mass is 328 g/mol. The smallest absolute Gasteiger partial charge is 0.247 e. The molecule has 3 aromatic rings. The molecule has 0 fully saturated rings. The van der Waals surface area contributed by atoms with Crippen LogP contribution in [0.25, 0.3) is 22.6 Å². The molecule has 0 unspecified atom stereocenters. The fraction of sp³-hybridized carbons (Fsp3) is 0.312. The Balaban J connectivity index is 2.09. The first-order valence-corrected chi connectivity index (χ1v) is 7.76. The van der Waals surface area contributed by atoms with Crippen LogP contribution in [0.5, 0.6) is 5.88 Å². The van der Waals surface area contributed by atoms with E-state index in [0.717, 1.165) is 6.42 Å². The maximum atomic E-state index is 13.1. The van der Waals surface area contributed by atoms with Crippen LogP contribution in [0, 0.1) is 5.82 Å². The molecule has 0 radical (unpaired) electrons. The molecule has 1 aromatic carbocycles. The normalized spacial score (nSPS) is 10.8. The fourth-order valence-corrected chi connectivity index (χ4v) is 2.07. The van der Waals surface area contributed by atoms with Gasteiger partial charge >= 0.3 is 0 Å². The van der Waals surface area contributed by atoms with Crippen LogP contribution >= 0.6 is 0 Å². The summed E-state index contributed by atoms with van der Waals surface area (Å²) in [6.07, 6.45) is 0.839. The van der Waals surface area contributed by atoms with Crippen LogP contribution in [0.15, 0.2) is 24.3 Å². The number of benzene rings is 1. The van der Waals surface area contributed by atoms with Gasteiger partial charge in [0.05, 0.1) is 6.61 Å². The number of rotatable bonds is 6. The van der Waals surface area contributed by atoms with Gasteiger partial charge in [-0.3, -0.25) is 0 Å². The third-order valence-corrected chi connectivity index (χ3v) is 3.17. The fourth-order valence-electron chi connectivity index (χ4n) is 2.07. The molecule has 7 nitrogen and oxygen atoms in total. The van der Waals surface area contributed by atoms with Crippen molar-refractivity contribution in [3.8, 4) is 17.3 Å². The molecule has 0 saturated heterocycles. The van der Waals surface area contributed by atoms with Crippen LogP contribution in [0.4, 0.5) is 10.3 Å². The molecule has 0 saturated carbocycles. The first kappa shape index (κ1) is 16.0. The van der Waals surface area contributed by atoms with Gasteiger partial charge in [0.2, 0.25) is 17.5 Å². The highest BCUT2D eigenvalue weighted by molar-refractivity contribution is 5.78. The van der Waals surface area contributed by atoms with Gasteiger partial charge < -0.3 is 10.1 Å². The van der Waals surface area contributed by atoms with Crippen molar-refractivity contribution in [1.29, 1.82) is 0 Å². The molecule has 0 aliphatic heterocycles. The molecule has 2 heterocycles. The summed E-state index contributed by atoms with van der Waals surface area (Å²) >= 11 is 0. The van der Waals surface area contributed by atoms with Crippen molar-refractivity contribution >= 4 is 17.1 Å². The van der Waals surface area contributed by atoms with Crippen molar-refractivity contribution < 1.29 is 9.13 Å². The lowest BCUT2D eigenvalue weighted by molar-refractivity contribution is 0.308. The number of nitrogens with one attached hydrogen (secondary N) is 1. The maximum Gasteiger partial charge on any atom is 0.247 e. The van der Waals surface area contributed by atoms with E-state index in [4.69, 9.17) is 4.74 Å². The Morgan fingerprint density at radius 1 is 1.04 bits per heavy atom. The molecule has 8 heteroatoms. The van der Waals surface area contributed by atoms with Crippen LogP contribution in [-0.4, -0.2) is 38.3 Å². The van der Waals surface area contributed by atoms with Crippen molar-refractivity contribution in [2.45, 2.75) is 20.3 Å². The molecule has 0 aliphatic rings. The topological polar surface area (TPSA) is 85.7 Å². The van der Waals surface area contributed by atoms with Gasteiger partial charge in [-0.25, -0.2) is 9.37 Å². The molecule has 124 valence electrons. The number of fused-ring (bicyclic) bond motifs is 1. The van der Waals surface area contributed by atoms with Gasteiger partial charge in [0.25, 0.3) is 0 Å². The van der Waals surface area contributed by atoms with Crippen molar-refractivity contribution in [2.75, 3.05) is 18.5 Å². The van der Waals surface area contributed by atoms with Crippen LogP contribution in [-0.2, 0) is 0 Å². The summed E-state index contributed by atoms with van der Waals surface area (Å²) in [4.78, 5) is 13.1. The predicted octanol–water partition coefficient (Wildman–Crippen LogP) is 2.84. The highest BCUT2D eigenvalue weighted by Crippen LogP contribution is 2.23. The van der Waals surface area contributed by atoms with E-state index in [2.05, 4.69) is 30.5 Å². The highest BCUT2D eigenvalue weighted by Gasteiger charge is 2.14. The third-order valence-electron chi connectivity index (χ3n) is 3.17. The first-order chi connectivity index (χ1) is 11.7. The summed E-state index contributed by atoms with van der Waals surface area (Å²) in [7, 11) is 0. The molecular formula is C16H17FN6O. The van der Waals surface area contributed by atoms with E-state index in [1.165, 1.54) is 12.1 Å². The Morgan fingerprint density at radius 3 is 2.54 bits per heavy atom. The third kappa shape index (κ3) is 3.37. The number of aromatic nitrogens is 5. The van der Waals surface area contributed by atoms with Gasteiger partial charge in [-0.1, -0.05) is 6.92 Å². The van der Waals surface area contributed by atoms with Gasteiger partial charge in [-0.05, 0) is 37.6 Å². The maximum absolute atomic E-state index is 13.1. The van der Waals surface area contributed by atoms with Gasteiger partial charge in [-0.2, -0.15) is 9.97 Å². The minimum atomic E-state index is -0.321.